The van der Waals surface area contributed by atoms with Crippen molar-refractivity contribution >= 4 is 34.8 Å². The van der Waals surface area contributed by atoms with E-state index in [2.05, 4.69) is 17.5 Å². The molecule has 1 N–H and O–H groups in total. The van der Waals surface area contributed by atoms with Crippen LogP contribution in [0.4, 0.5) is 5.69 Å². The van der Waals surface area contributed by atoms with E-state index in [0.717, 1.165) is 12.8 Å². The second-order valence-electron chi connectivity index (χ2n) is 5.57. The number of carbonyl (C=O) groups excluding carboxylic acids is 1. The molecular weight excluding hydrogens is 293 g/mol. The molecule has 4 heteroatoms. The highest BCUT2D eigenvalue weighted by Crippen LogP contribution is 2.52. The molecule has 1 amide bonds. The van der Waals surface area contributed by atoms with Crippen LogP contribution in [0.15, 0.2) is 30.4 Å². The lowest BCUT2D eigenvalue weighted by Crippen LogP contribution is -2.16. The van der Waals surface area contributed by atoms with Crippen molar-refractivity contribution < 1.29 is 4.79 Å². The van der Waals surface area contributed by atoms with Crippen molar-refractivity contribution in [3.63, 3.8) is 0 Å². The van der Waals surface area contributed by atoms with Crippen LogP contribution in [0.1, 0.15) is 25.7 Å². The second kappa shape index (κ2) is 5.79. The number of hydrogen-bond donors (Lipinski definition) is 1. The zero-order valence-corrected chi connectivity index (χ0v) is 12.6. The molecule has 3 rings (SSSR count). The van der Waals surface area contributed by atoms with Gasteiger partial charge in [-0.25, -0.2) is 0 Å². The maximum Gasteiger partial charge on any atom is 0.228 e. The topological polar surface area (TPSA) is 29.1 Å². The number of carbonyl (C=O) groups is 1. The van der Waals surface area contributed by atoms with Crippen molar-refractivity contribution in [2.45, 2.75) is 25.7 Å². The number of hydrogen-bond acceptors (Lipinski definition) is 1. The van der Waals surface area contributed by atoms with E-state index in [-0.39, 0.29) is 11.8 Å². The summed E-state index contributed by atoms with van der Waals surface area (Å²) in [5.41, 5.74) is 0.532. The molecule has 0 saturated heterocycles. The molecule has 1 aromatic rings. The van der Waals surface area contributed by atoms with E-state index in [0.29, 0.717) is 27.6 Å². The van der Waals surface area contributed by atoms with E-state index >= 15 is 0 Å². The van der Waals surface area contributed by atoms with Gasteiger partial charge in [0.05, 0.1) is 15.7 Å². The maximum absolute atomic E-state index is 12.4. The van der Waals surface area contributed by atoms with Gasteiger partial charge in [-0.05, 0) is 43.2 Å². The molecule has 0 aliphatic heterocycles. The van der Waals surface area contributed by atoms with E-state index in [1.807, 2.05) is 0 Å². The minimum atomic E-state index is 0.0431. The summed E-state index contributed by atoms with van der Waals surface area (Å²) in [6.07, 6.45) is 9.14. The lowest BCUT2D eigenvalue weighted by atomic mass is 10.1. The molecule has 0 heterocycles. The summed E-state index contributed by atoms with van der Waals surface area (Å²) in [7, 11) is 0. The number of halogens is 2. The highest BCUT2D eigenvalue weighted by Gasteiger charge is 2.52. The first kappa shape index (κ1) is 14.0. The summed E-state index contributed by atoms with van der Waals surface area (Å²) < 4.78 is 0. The average molecular weight is 310 g/mol. The van der Waals surface area contributed by atoms with E-state index in [1.165, 1.54) is 12.8 Å². The second-order valence-corrected chi connectivity index (χ2v) is 6.38. The number of allylic oxidation sites excluding steroid dienone is 2. The summed E-state index contributed by atoms with van der Waals surface area (Å²) in [5, 5.41) is 3.87. The van der Waals surface area contributed by atoms with Crippen molar-refractivity contribution in [3.8, 4) is 0 Å². The van der Waals surface area contributed by atoms with Crippen LogP contribution in [0.5, 0.6) is 0 Å². The van der Waals surface area contributed by atoms with Gasteiger partial charge >= 0.3 is 0 Å². The summed E-state index contributed by atoms with van der Waals surface area (Å²) in [5.74, 6) is 1.02. The molecule has 2 nitrogen and oxygen atoms in total. The fourth-order valence-corrected chi connectivity index (χ4v) is 3.62. The highest BCUT2D eigenvalue weighted by molar-refractivity contribution is 6.39. The highest BCUT2D eigenvalue weighted by atomic mass is 35.5. The number of nitrogens with one attached hydrogen (secondary N) is 1. The van der Waals surface area contributed by atoms with Gasteiger partial charge in [0.2, 0.25) is 5.91 Å². The van der Waals surface area contributed by atoms with Crippen molar-refractivity contribution in [2.75, 3.05) is 5.32 Å². The Morgan fingerprint density at radius 2 is 1.95 bits per heavy atom. The van der Waals surface area contributed by atoms with E-state index in [4.69, 9.17) is 23.2 Å². The van der Waals surface area contributed by atoms with Gasteiger partial charge in [-0.3, -0.25) is 4.79 Å². The van der Waals surface area contributed by atoms with Crippen LogP contribution in [0, 0.1) is 17.8 Å². The molecule has 0 radical (unpaired) electrons. The first-order valence-corrected chi connectivity index (χ1v) is 7.85. The summed E-state index contributed by atoms with van der Waals surface area (Å²) in [6.45, 7) is 0. The van der Waals surface area contributed by atoms with Crippen LogP contribution in [-0.2, 0) is 4.79 Å². The summed E-state index contributed by atoms with van der Waals surface area (Å²) >= 11 is 12.2. The smallest absolute Gasteiger partial charge is 0.228 e. The maximum atomic E-state index is 12.4. The lowest BCUT2D eigenvalue weighted by molar-refractivity contribution is -0.117. The molecule has 0 bridgehead atoms. The van der Waals surface area contributed by atoms with Crippen LogP contribution in [0.2, 0.25) is 10.0 Å². The Balaban J connectivity index is 1.72. The Bertz CT molecular complexity index is 535. The van der Waals surface area contributed by atoms with Gasteiger partial charge < -0.3 is 5.32 Å². The van der Waals surface area contributed by atoms with Crippen LogP contribution >= 0.6 is 23.2 Å². The minimum absolute atomic E-state index is 0.0431. The molecular formula is C16H17Cl2NO. The van der Waals surface area contributed by atoms with Gasteiger partial charge in [0.25, 0.3) is 0 Å². The zero-order valence-electron chi connectivity index (χ0n) is 11.1. The molecule has 0 unspecified atom stereocenters. The molecule has 1 fully saturated rings. The third kappa shape index (κ3) is 2.72. The van der Waals surface area contributed by atoms with Crippen LogP contribution in [-0.4, -0.2) is 5.91 Å². The Morgan fingerprint density at radius 3 is 2.70 bits per heavy atom. The van der Waals surface area contributed by atoms with Crippen molar-refractivity contribution in [1.82, 2.24) is 0 Å². The van der Waals surface area contributed by atoms with Gasteiger partial charge in [0.15, 0.2) is 0 Å². The number of para-hydroxylation sites is 1. The Labute approximate surface area is 129 Å². The monoisotopic (exact) mass is 309 g/mol. The van der Waals surface area contributed by atoms with Crippen LogP contribution < -0.4 is 5.32 Å². The third-order valence-corrected chi connectivity index (χ3v) is 4.89. The number of rotatable bonds is 2. The molecule has 3 atom stereocenters. The number of benzene rings is 1. The first-order valence-electron chi connectivity index (χ1n) is 7.10. The van der Waals surface area contributed by atoms with E-state index < -0.39 is 0 Å². The summed E-state index contributed by atoms with van der Waals surface area (Å²) in [6, 6.07) is 5.24. The third-order valence-electron chi connectivity index (χ3n) is 4.26. The Kier molecular flexibility index (Phi) is 4.04. The fraction of sp³-hybridized carbons (Fsp3) is 0.438. The van der Waals surface area contributed by atoms with Gasteiger partial charge in [-0.15, -0.1) is 0 Å². The molecule has 1 aromatic carbocycles. The van der Waals surface area contributed by atoms with Crippen molar-refractivity contribution in [2.24, 2.45) is 17.8 Å². The fourth-order valence-electron chi connectivity index (χ4n) is 3.12. The predicted octanol–water partition coefficient (Wildman–Crippen LogP) is 4.92. The van der Waals surface area contributed by atoms with Crippen LogP contribution in [0.3, 0.4) is 0 Å². The average Bonchev–Trinajstić information content (AvgIpc) is 3.05. The molecule has 20 heavy (non-hydrogen) atoms. The normalized spacial score (nSPS) is 29.8. The molecule has 1 saturated carbocycles. The molecule has 2 aliphatic carbocycles. The molecule has 0 aromatic heterocycles. The molecule has 0 spiro atoms. The van der Waals surface area contributed by atoms with Gasteiger partial charge in [-0.2, -0.15) is 0 Å². The van der Waals surface area contributed by atoms with E-state index in [9.17, 15) is 4.79 Å². The Hall–Kier alpha value is -0.990. The van der Waals surface area contributed by atoms with Gasteiger partial charge in [0, 0.05) is 5.92 Å². The zero-order chi connectivity index (χ0) is 14.1. The first-order chi connectivity index (χ1) is 9.68. The molecule has 2 aliphatic rings. The summed E-state index contributed by atoms with van der Waals surface area (Å²) in [4.78, 5) is 12.4. The van der Waals surface area contributed by atoms with Crippen LogP contribution in [0.25, 0.3) is 0 Å². The number of fused-ring (bicyclic) bond motifs is 1. The lowest BCUT2D eigenvalue weighted by Gasteiger charge is -2.08. The number of amides is 1. The molecule has 106 valence electrons. The van der Waals surface area contributed by atoms with Crippen molar-refractivity contribution in [1.29, 1.82) is 0 Å². The van der Waals surface area contributed by atoms with Gasteiger partial charge in [-0.1, -0.05) is 47.8 Å². The van der Waals surface area contributed by atoms with E-state index in [1.54, 1.807) is 18.2 Å². The predicted molar refractivity (Wildman–Crippen MR) is 83.2 cm³/mol. The quantitative estimate of drug-likeness (QED) is 0.771. The standard InChI is InChI=1S/C16H17Cl2NO/c17-12-8-5-9-13(18)15(12)19-16(20)14-10-6-3-1-2-4-7-11(10)14/h3,5-6,8-11,14H,1-2,4,7H2,(H,19,20)/b6-3-/t10-,11+,14-/m0/s1. The van der Waals surface area contributed by atoms with Crippen molar-refractivity contribution in [3.05, 3.63) is 40.4 Å². The SMILES string of the molecule is O=C(Nc1c(Cl)cccc1Cl)[C@H]1[C@H]2/C=C\CCCC[C@H]21. The Morgan fingerprint density at radius 1 is 1.20 bits per heavy atom. The largest absolute Gasteiger partial charge is 0.323 e. The van der Waals surface area contributed by atoms with Gasteiger partial charge in [0.1, 0.15) is 0 Å². The number of anilines is 1. The minimum Gasteiger partial charge on any atom is -0.323 e.